The Bertz CT molecular complexity index is 1270. The van der Waals surface area contributed by atoms with Crippen LogP contribution in [-0.4, -0.2) is 20.7 Å². The maximum atomic E-state index is 13.3. The number of hydrogen-bond acceptors (Lipinski definition) is 5. The number of halogens is 1. The first-order valence-corrected chi connectivity index (χ1v) is 11.3. The summed E-state index contributed by atoms with van der Waals surface area (Å²) in [7, 11) is 0. The second kappa shape index (κ2) is 8.92. The number of aromatic nitrogens is 3. The van der Waals surface area contributed by atoms with Crippen molar-refractivity contribution in [3.8, 4) is 5.75 Å². The van der Waals surface area contributed by atoms with Crippen molar-refractivity contribution in [3.05, 3.63) is 93.2 Å². The van der Waals surface area contributed by atoms with Gasteiger partial charge in [0.1, 0.15) is 24.5 Å². The number of fused-ring (bicyclic) bond motifs is 1. The lowest BCUT2D eigenvalue weighted by molar-refractivity contribution is 0.102. The van der Waals surface area contributed by atoms with Crippen LogP contribution in [0.25, 0.3) is 0 Å². The van der Waals surface area contributed by atoms with Gasteiger partial charge in [-0.2, -0.15) is 0 Å². The molecule has 32 heavy (non-hydrogen) atoms. The van der Waals surface area contributed by atoms with Gasteiger partial charge in [-0.25, -0.2) is 14.1 Å². The summed E-state index contributed by atoms with van der Waals surface area (Å²) in [4.78, 5) is 17.2. The van der Waals surface area contributed by atoms with Gasteiger partial charge in [0.15, 0.2) is 0 Å². The first kappa shape index (κ1) is 20.4. The molecule has 1 N–H and O–H groups in total. The minimum atomic E-state index is -0.301. The fourth-order valence-corrected chi connectivity index (χ4v) is 4.58. The van der Waals surface area contributed by atoms with Crippen LogP contribution in [0.1, 0.15) is 38.3 Å². The Balaban J connectivity index is 1.17. The molecule has 2 aromatic heterocycles. The van der Waals surface area contributed by atoms with Gasteiger partial charge in [0.2, 0.25) is 5.95 Å². The predicted molar refractivity (Wildman–Crippen MR) is 121 cm³/mol. The number of carbonyl (C=O) groups is 1. The number of nitrogens with zero attached hydrogens (tertiary/aromatic N) is 3. The lowest BCUT2D eigenvalue weighted by Gasteiger charge is -2.07. The van der Waals surface area contributed by atoms with Gasteiger partial charge in [-0.3, -0.25) is 10.1 Å². The summed E-state index contributed by atoms with van der Waals surface area (Å²) in [6, 6.07) is 14.4. The van der Waals surface area contributed by atoms with Crippen LogP contribution >= 0.6 is 11.3 Å². The molecule has 0 atom stereocenters. The number of hydrogen-bond donors (Lipinski definition) is 1. The molecule has 1 aliphatic rings. The third-order valence-electron chi connectivity index (χ3n) is 5.35. The summed E-state index contributed by atoms with van der Waals surface area (Å²) in [6.45, 7) is 0.771. The van der Waals surface area contributed by atoms with Crippen LogP contribution in [-0.2, 0) is 26.0 Å². The fourth-order valence-electron chi connectivity index (χ4n) is 3.79. The van der Waals surface area contributed by atoms with Gasteiger partial charge in [0, 0.05) is 5.56 Å². The standard InChI is InChI=1S/C24H21FN4O2S/c25-20-6-1-3-16(9-20)12-29-15-26-24(28-29)27-23(30)22-10-17(14-32-22)13-31-21-8-7-18-4-2-5-19(18)11-21/h1,3,6-11,14-15H,2,4-5,12-13H2,(H,27,28,30). The SMILES string of the molecule is O=C(Nc1ncn(Cc2cccc(F)c2)n1)c1cc(COc2ccc3c(c2)CCC3)cs1. The van der Waals surface area contributed by atoms with Crippen LogP contribution in [0.2, 0.25) is 0 Å². The van der Waals surface area contributed by atoms with Gasteiger partial charge in [0.25, 0.3) is 5.91 Å². The molecule has 8 heteroatoms. The molecule has 1 aliphatic carbocycles. The van der Waals surface area contributed by atoms with Crippen molar-refractivity contribution < 1.29 is 13.9 Å². The van der Waals surface area contributed by atoms with E-state index in [2.05, 4.69) is 27.5 Å². The summed E-state index contributed by atoms with van der Waals surface area (Å²) >= 11 is 1.35. The van der Waals surface area contributed by atoms with E-state index < -0.39 is 0 Å². The van der Waals surface area contributed by atoms with E-state index in [1.165, 1.54) is 47.3 Å². The van der Waals surface area contributed by atoms with Gasteiger partial charge in [-0.05, 0) is 71.7 Å². The molecule has 2 heterocycles. The summed E-state index contributed by atoms with van der Waals surface area (Å²) in [5, 5.41) is 8.86. The van der Waals surface area contributed by atoms with Gasteiger partial charge in [-0.15, -0.1) is 16.4 Å². The lowest BCUT2D eigenvalue weighted by Crippen LogP contribution is -2.12. The van der Waals surface area contributed by atoms with Gasteiger partial charge >= 0.3 is 0 Å². The largest absolute Gasteiger partial charge is 0.489 e. The molecule has 0 unspecified atom stereocenters. The Hall–Kier alpha value is -3.52. The minimum absolute atomic E-state index is 0.204. The monoisotopic (exact) mass is 448 g/mol. The molecule has 6 nitrogen and oxygen atoms in total. The van der Waals surface area contributed by atoms with Crippen LogP contribution in [0.15, 0.2) is 60.2 Å². The maximum absolute atomic E-state index is 13.3. The molecule has 1 amide bonds. The second-order valence-electron chi connectivity index (χ2n) is 7.74. The average Bonchev–Trinajstić information content (AvgIpc) is 3.53. The average molecular weight is 449 g/mol. The molecular formula is C24H21FN4O2S. The van der Waals surface area contributed by atoms with Gasteiger partial charge < -0.3 is 4.74 Å². The molecule has 0 radical (unpaired) electrons. The van der Waals surface area contributed by atoms with Crippen LogP contribution < -0.4 is 10.1 Å². The van der Waals surface area contributed by atoms with E-state index in [9.17, 15) is 9.18 Å². The van der Waals surface area contributed by atoms with Gasteiger partial charge in [-0.1, -0.05) is 18.2 Å². The highest BCUT2D eigenvalue weighted by atomic mass is 32.1. The van der Waals surface area contributed by atoms with Crippen LogP contribution in [0.4, 0.5) is 10.3 Å². The summed E-state index contributed by atoms with van der Waals surface area (Å²) in [6.07, 6.45) is 4.97. The molecule has 0 fully saturated rings. The fraction of sp³-hybridized carbons (Fsp3) is 0.208. The van der Waals surface area contributed by atoms with E-state index in [4.69, 9.17) is 4.74 Å². The van der Waals surface area contributed by atoms with Crippen LogP contribution in [0, 0.1) is 5.82 Å². The van der Waals surface area contributed by atoms with E-state index in [0.29, 0.717) is 18.0 Å². The Morgan fingerprint density at radius 1 is 1.12 bits per heavy atom. The zero-order valence-electron chi connectivity index (χ0n) is 17.3. The zero-order chi connectivity index (χ0) is 21.9. The van der Waals surface area contributed by atoms with Crippen LogP contribution in [0.3, 0.4) is 0 Å². The molecule has 162 valence electrons. The Morgan fingerprint density at radius 3 is 2.94 bits per heavy atom. The van der Waals surface area contributed by atoms with Crippen LogP contribution in [0.5, 0.6) is 5.75 Å². The highest BCUT2D eigenvalue weighted by Gasteiger charge is 2.14. The Kier molecular flexibility index (Phi) is 5.68. The molecule has 0 saturated heterocycles. The number of anilines is 1. The van der Waals surface area contributed by atoms with Crippen molar-refractivity contribution in [2.24, 2.45) is 0 Å². The van der Waals surface area contributed by atoms with Crippen molar-refractivity contribution in [2.45, 2.75) is 32.4 Å². The minimum Gasteiger partial charge on any atom is -0.489 e. The van der Waals surface area contributed by atoms with Crippen molar-refractivity contribution >= 4 is 23.2 Å². The molecule has 0 spiro atoms. The molecule has 0 aliphatic heterocycles. The maximum Gasteiger partial charge on any atom is 0.268 e. The third kappa shape index (κ3) is 4.70. The van der Waals surface area contributed by atoms with Crippen molar-refractivity contribution in [1.29, 1.82) is 0 Å². The number of nitrogens with one attached hydrogen (secondary N) is 1. The number of benzene rings is 2. The summed E-state index contributed by atoms with van der Waals surface area (Å²) < 4.78 is 20.8. The predicted octanol–water partition coefficient (Wildman–Crippen LogP) is 4.85. The quantitative estimate of drug-likeness (QED) is 0.439. The summed E-state index contributed by atoms with van der Waals surface area (Å²) in [5.74, 6) is 0.485. The molecule has 0 saturated carbocycles. The molecule has 2 aromatic carbocycles. The Labute approximate surface area is 188 Å². The molecular weight excluding hydrogens is 427 g/mol. The van der Waals surface area contributed by atoms with Crippen molar-refractivity contribution in [1.82, 2.24) is 14.8 Å². The highest BCUT2D eigenvalue weighted by molar-refractivity contribution is 7.12. The first-order chi connectivity index (χ1) is 15.6. The van der Waals surface area contributed by atoms with E-state index in [-0.39, 0.29) is 17.7 Å². The topological polar surface area (TPSA) is 69.0 Å². The second-order valence-corrected chi connectivity index (χ2v) is 8.65. The van der Waals surface area contributed by atoms with E-state index >= 15 is 0 Å². The number of carbonyl (C=O) groups excluding carboxylic acids is 1. The lowest BCUT2D eigenvalue weighted by atomic mass is 10.1. The van der Waals surface area contributed by atoms with Gasteiger partial charge in [0.05, 0.1) is 11.4 Å². The highest BCUT2D eigenvalue weighted by Crippen LogP contribution is 2.27. The smallest absolute Gasteiger partial charge is 0.268 e. The number of rotatable bonds is 7. The van der Waals surface area contributed by atoms with E-state index in [1.54, 1.807) is 16.8 Å². The molecule has 5 rings (SSSR count). The molecule has 4 aromatic rings. The van der Waals surface area contributed by atoms with E-state index in [1.807, 2.05) is 17.5 Å². The number of ether oxygens (including phenoxy) is 1. The number of thiophene rings is 1. The Morgan fingerprint density at radius 2 is 2.03 bits per heavy atom. The normalized spacial score (nSPS) is 12.5. The molecule has 0 bridgehead atoms. The summed E-state index contributed by atoms with van der Waals surface area (Å²) in [5.41, 5.74) is 4.49. The van der Waals surface area contributed by atoms with Crippen molar-refractivity contribution in [3.63, 3.8) is 0 Å². The third-order valence-corrected chi connectivity index (χ3v) is 6.33. The number of amides is 1. The zero-order valence-corrected chi connectivity index (χ0v) is 18.1. The first-order valence-electron chi connectivity index (χ1n) is 10.4. The van der Waals surface area contributed by atoms with E-state index in [0.717, 1.165) is 29.7 Å². The number of aryl methyl sites for hydroxylation is 2. The van der Waals surface area contributed by atoms with Crippen molar-refractivity contribution in [2.75, 3.05) is 5.32 Å².